The monoisotopic (exact) mass is 311 g/mol. The molecular weight excluding hydrogens is 286 g/mol. The normalized spacial score (nSPS) is 22.0. The number of rotatable bonds is 5. The number of β-amino-alcohol motifs (C(OH)–C–C–N with tert-alkyl or cyclic N) is 1. The molecule has 1 unspecified atom stereocenters. The first-order chi connectivity index (χ1) is 11.2. The summed E-state index contributed by atoms with van der Waals surface area (Å²) in [6.07, 6.45) is 2.85. The second-order valence-electron chi connectivity index (χ2n) is 6.38. The molecule has 3 nitrogen and oxygen atoms in total. The van der Waals surface area contributed by atoms with E-state index in [-0.39, 0.29) is 0 Å². The summed E-state index contributed by atoms with van der Waals surface area (Å²) in [7, 11) is 1.66. The van der Waals surface area contributed by atoms with Crippen LogP contribution in [0.5, 0.6) is 5.75 Å². The van der Waals surface area contributed by atoms with Gasteiger partial charge in [0, 0.05) is 13.1 Å². The fourth-order valence-electron chi connectivity index (χ4n) is 3.39. The van der Waals surface area contributed by atoms with Gasteiger partial charge < -0.3 is 9.84 Å². The minimum absolute atomic E-state index is 0.688. The highest BCUT2D eigenvalue weighted by Gasteiger charge is 2.34. The van der Waals surface area contributed by atoms with E-state index in [1.807, 2.05) is 30.3 Å². The fourth-order valence-corrected chi connectivity index (χ4v) is 3.39. The van der Waals surface area contributed by atoms with Crippen molar-refractivity contribution in [3.63, 3.8) is 0 Å². The van der Waals surface area contributed by atoms with Gasteiger partial charge in [-0.15, -0.1) is 0 Å². The molecule has 1 aliphatic rings. The average Bonchev–Trinajstić information content (AvgIpc) is 2.61. The van der Waals surface area contributed by atoms with Gasteiger partial charge in [-0.25, -0.2) is 0 Å². The maximum Gasteiger partial charge on any atom is 0.119 e. The van der Waals surface area contributed by atoms with Crippen LogP contribution in [0.25, 0.3) is 0 Å². The van der Waals surface area contributed by atoms with Crippen molar-refractivity contribution in [1.82, 2.24) is 4.90 Å². The molecule has 0 radical (unpaired) electrons. The molecule has 2 aromatic carbocycles. The van der Waals surface area contributed by atoms with Gasteiger partial charge in [0.25, 0.3) is 0 Å². The van der Waals surface area contributed by atoms with Gasteiger partial charge in [-0.2, -0.15) is 0 Å². The zero-order valence-corrected chi connectivity index (χ0v) is 13.7. The summed E-state index contributed by atoms with van der Waals surface area (Å²) in [5, 5.41) is 11.1. The van der Waals surface area contributed by atoms with Crippen LogP contribution >= 0.6 is 0 Å². The Morgan fingerprint density at radius 2 is 1.96 bits per heavy atom. The van der Waals surface area contributed by atoms with E-state index in [0.717, 1.165) is 43.7 Å². The van der Waals surface area contributed by atoms with Crippen molar-refractivity contribution >= 4 is 0 Å². The Kier molecular flexibility index (Phi) is 4.99. The number of benzene rings is 2. The van der Waals surface area contributed by atoms with Crippen LogP contribution in [0, 0.1) is 0 Å². The van der Waals surface area contributed by atoms with Crippen molar-refractivity contribution in [3.05, 3.63) is 65.7 Å². The van der Waals surface area contributed by atoms with Gasteiger partial charge in [-0.3, -0.25) is 4.90 Å². The molecule has 1 saturated heterocycles. The molecule has 3 rings (SSSR count). The molecule has 0 aromatic heterocycles. The molecule has 0 amide bonds. The molecule has 23 heavy (non-hydrogen) atoms. The van der Waals surface area contributed by atoms with Crippen molar-refractivity contribution in [1.29, 1.82) is 0 Å². The van der Waals surface area contributed by atoms with Gasteiger partial charge in [0.05, 0.1) is 7.11 Å². The summed E-state index contributed by atoms with van der Waals surface area (Å²) in [5.41, 5.74) is 1.54. The molecule has 0 aliphatic carbocycles. The summed E-state index contributed by atoms with van der Waals surface area (Å²) in [5.74, 6) is 0.803. The summed E-state index contributed by atoms with van der Waals surface area (Å²) in [4.78, 5) is 2.37. The van der Waals surface area contributed by atoms with Crippen molar-refractivity contribution < 1.29 is 9.84 Å². The van der Waals surface area contributed by atoms with Crippen LogP contribution in [0.2, 0.25) is 0 Å². The summed E-state index contributed by atoms with van der Waals surface area (Å²) < 4.78 is 5.30. The van der Waals surface area contributed by atoms with E-state index in [1.165, 1.54) is 5.56 Å². The highest BCUT2D eigenvalue weighted by Crippen LogP contribution is 2.33. The van der Waals surface area contributed by atoms with E-state index in [2.05, 4.69) is 29.2 Å². The number of piperidine rings is 1. The maximum absolute atomic E-state index is 11.1. The lowest BCUT2D eigenvalue weighted by molar-refractivity contribution is -0.0353. The van der Waals surface area contributed by atoms with Crippen LogP contribution in [-0.4, -0.2) is 36.8 Å². The molecule has 122 valence electrons. The molecule has 1 fully saturated rings. The molecular formula is C20H25NO2. The average molecular weight is 311 g/mol. The van der Waals surface area contributed by atoms with Gasteiger partial charge in [0.1, 0.15) is 11.4 Å². The maximum atomic E-state index is 11.1. The molecule has 2 aromatic rings. The third-order valence-electron chi connectivity index (χ3n) is 4.72. The first-order valence-electron chi connectivity index (χ1n) is 8.33. The highest BCUT2D eigenvalue weighted by atomic mass is 16.5. The van der Waals surface area contributed by atoms with Crippen LogP contribution in [0.15, 0.2) is 54.6 Å². The number of likely N-dealkylation sites (tertiary alicyclic amines) is 1. The van der Waals surface area contributed by atoms with Crippen molar-refractivity contribution in [2.75, 3.05) is 26.7 Å². The Labute approximate surface area is 138 Å². The second kappa shape index (κ2) is 7.16. The van der Waals surface area contributed by atoms with Crippen LogP contribution in [-0.2, 0) is 12.0 Å². The van der Waals surface area contributed by atoms with Crippen molar-refractivity contribution in [3.8, 4) is 5.75 Å². The number of hydrogen-bond acceptors (Lipinski definition) is 3. The predicted octanol–water partition coefficient (Wildman–Crippen LogP) is 3.22. The Morgan fingerprint density at radius 1 is 1.13 bits per heavy atom. The van der Waals surface area contributed by atoms with E-state index >= 15 is 0 Å². The van der Waals surface area contributed by atoms with Crippen LogP contribution < -0.4 is 4.74 Å². The van der Waals surface area contributed by atoms with Gasteiger partial charge in [0.15, 0.2) is 0 Å². The van der Waals surface area contributed by atoms with Gasteiger partial charge >= 0.3 is 0 Å². The molecule has 0 spiro atoms. The minimum Gasteiger partial charge on any atom is -0.497 e. The third kappa shape index (κ3) is 3.92. The van der Waals surface area contributed by atoms with E-state index in [4.69, 9.17) is 4.74 Å². The first kappa shape index (κ1) is 16.0. The van der Waals surface area contributed by atoms with E-state index in [0.29, 0.717) is 6.54 Å². The predicted molar refractivity (Wildman–Crippen MR) is 92.7 cm³/mol. The number of methoxy groups -OCH3 is 1. The Bertz CT molecular complexity index is 629. The first-order valence-corrected chi connectivity index (χ1v) is 8.33. The zero-order valence-electron chi connectivity index (χ0n) is 13.7. The van der Waals surface area contributed by atoms with E-state index in [1.54, 1.807) is 7.11 Å². The molecule has 1 heterocycles. The Morgan fingerprint density at radius 3 is 2.74 bits per heavy atom. The number of hydrogen-bond donors (Lipinski definition) is 1. The van der Waals surface area contributed by atoms with Gasteiger partial charge in [-0.05, 0) is 49.1 Å². The lowest BCUT2D eigenvalue weighted by atomic mass is 9.85. The largest absolute Gasteiger partial charge is 0.497 e. The summed E-state index contributed by atoms with van der Waals surface area (Å²) in [6.45, 7) is 2.72. The number of nitrogens with zero attached hydrogens (tertiary/aromatic N) is 1. The minimum atomic E-state index is -0.774. The third-order valence-corrected chi connectivity index (χ3v) is 4.72. The van der Waals surface area contributed by atoms with Crippen molar-refractivity contribution in [2.45, 2.75) is 24.9 Å². The SMILES string of the molecule is COc1cccc(C2(O)CCCN(CCc3ccccc3)C2)c1. The summed E-state index contributed by atoms with van der Waals surface area (Å²) >= 11 is 0. The highest BCUT2D eigenvalue weighted by molar-refractivity contribution is 5.33. The second-order valence-corrected chi connectivity index (χ2v) is 6.38. The molecule has 0 saturated carbocycles. The van der Waals surface area contributed by atoms with Gasteiger partial charge in [0.2, 0.25) is 0 Å². The molecule has 1 aliphatic heterocycles. The topological polar surface area (TPSA) is 32.7 Å². The number of ether oxygens (including phenoxy) is 1. The van der Waals surface area contributed by atoms with Crippen LogP contribution in [0.1, 0.15) is 24.0 Å². The smallest absolute Gasteiger partial charge is 0.119 e. The van der Waals surface area contributed by atoms with Crippen LogP contribution in [0.4, 0.5) is 0 Å². The van der Waals surface area contributed by atoms with E-state index < -0.39 is 5.60 Å². The van der Waals surface area contributed by atoms with Crippen LogP contribution in [0.3, 0.4) is 0 Å². The molecule has 1 N–H and O–H groups in total. The Balaban J connectivity index is 1.67. The standard InChI is InChI=1S/C20H25NO2/c1-23-19-10-5-9-18(15-19)20(22)12-6-13-21(16-20)14-11-17-7-3-2-4-8-17/h2-5,7-10,15,22H,6,11-14,16H2,1H3. The van der Waals surface area contributed by atoms with Gasteiger partial charge in [-0.1, -0.05) is 42.5 Å². The molecule has 3 heteroatoms. The molecule has 0 bridgehead atoms. The molecule has 1 atom stereocenters. The fraction of sp³-hybridized carbons (Fsp3) is 0.400. The summed E-state index contributed by atoms with van der Waals surface area (Å²) in [6, 6.07) is 18.4. The Hall–Kier alpha value is -1.84. The number of aliphatic hydroxyl groups is 1. The quantitative estimate of drug-likeness (QED) is 0.920. The van der Waals surface area contributed by atoms with Crippen molar-refractivity contribution in [2.24, 2.45) is 0 Å². The zero-order chi connectivity index (χ0) is 16.1. The lowest BCUT2D eigenvalue weighted by Crippen LogP contribution is -2.46. The lowest BCUT2D eigenvalue weighted by Gasteiger charge is -2.39. The van der Waals surface area contributed by atoms with E-state index in [9.17, 15) is 5.11 Å².